The molecule has 0 radical (unpaired) electrons. The fourth-order valence-electron chi connectivity index (χ4n) is 2.76. The lowest BCUT2D eigenvalue weighted by Gasteiger charge is -2.21. The van der Waals surface area contributed by atoms with Crippen LogP contribution in [0.3, 0.4) is 0 Å². The first-order valence-corrected chi connectivity index (χ1v) is 9.77. The number of rotatable bonds is 9. The van der Waals surface area contributed by atoms with E-state index in [9.17, 15) is 24.6 Å². The zero-order valence-corrected chi connectivity index (χ0v) is 17.1. The summed E-state index contributed by atoms with van der Waals surface area (Å²) in [5.74, 6) is -2.90. The van der Waals surface area contributed by atoms with Gasteiger partial charge in [0.2, 0.25) is 5.91 Å². The maximum absolute atomic E-state index is 12.3. The molecule has 2 rings (SSSR count). The number of aryl methyl sites for hydroxylation is 2. The molecule has 9 heteroatoms. The number of nitrogens with one attached hydrogen (secondary N) is 2. The van der Waals surface area contributed by atoms with Crippen molar-refractivity contribution >= 4 is 44.5 Å². The molecule has 4 N–H and O–H groups in total. The molecule has 28 heavy (non-hydrogen) atoms. The van der Waals surface area contributed by atoms with Gasteiger partial charge in [-0.2, -0.15) is 0 Å². The molecule has 2 atom stereocenters. The van der Waals surface area contributed by atoms with Crippen molar-refractivity contribution in [3.8, 4) is 0 Å². The van der Waals surface area contributed by atoms with Gasteiger partial charge >= 0.3 is 11.9 Å². The number of fused-ring (bicyclic) bond motifs is 1. The van der Waals surface area contributed by atoms with Crippen LogP contribution in [0.5, 0.6) is 0 Å². The summed E-state index contributed by atoms with van der Waals surface area (Å²) in [4.78, 5) is 39.5. The highest BCUT2D eigenvalue weighted by molar-refractivity contribution is 7.22. The van der Waals surface area contributed by atoms with E-state index in [1.807, 2.05) is 39.8 Å². The second-order valence-corrected chi connectivity index (χ2v) is 8.28. The first-order chi connectivity index (χ1) is 13.1. The standard InChI is InChI=1S/C19H25N3O5S/c1-9(2)5-13(17(24)25)20-14(18(26)27)8-16(23)22-19-21-12-6-10(3)11(4)7-15(12)28-19/h6-7,9,13-14,20H,5,8H2,1-4H3,(H,24,25)(H,26,27)(H,21,22,23). The summed E-state index contributed by atoms with van der Waals surface area (Å²) in [5, 5.41) is 24.2. The van der Waals surface area contributed by atoms with Gasteiger partial charge in [-0.25, -0.2) is 4.98 Å². The number of carboxylic acid groups (broad SMARTS) is 2. The van der Waals surface area contributed by atoms with E-state index in [4.69, 9.17) is 0 Å². The number of aromatic nitrogens is 1. The van der Waals surface area contributed by atoms with Crippen molar-refractivity contribution in [1.29, 1.82) is 0 Å². The SMILES string of the molecule is Cc1cc2nc(NC(=O)CC(NC(CC(C)C)C(=O)O)C(=O)O)sc2cc1C. The van der Waals surface area contributed by atoms with Crippen LogP contribution < -0.4 is 10.6 Å². The first-order valence-electron chi connectivity index (χ1n) is 8.96. The van der Waals surface area contributed by atoms with Crippen LogP contribution in [0, 0.1) is 19.8 Å². The van der Waals surface area contributed by atoms with Gasteiger partial charge in [0.15, 0.2) is 5.13 Å². The largest absolute Gasteiger partial charge is 0.480 e. The van der Waals surface area contributed by atoms with Crippen LogP contribution in [-0.2, 0) is 14.4 Å². The average Bonchev–Trinajstić information content (AvgIpc) is 2.93. The fourth-order valence-corrected chi connectivity index (χ4v) is 3.72. The molecule has 0 aliphatic carbocycles. The summed E-state index contributed by atoms with van der Waals surface area (Å²) in [5.41, 5.74) is 2.98. The Bertz CT molecular complexity index is 854. The van der Waals surface area contributed by atoms with Gasteiger partial charge < -0.3 is 15.5 Å². The summed E-state index contributed by atoms with van der Waals surface area (Å²) >= 11 is 1.31. The summed E-state index contributed by atoms with van der Waals surface area (Å²) in [7, 11) is 0. The monoisotopic (exact) mass is 407 g/mol. The second kappa shape index (κ2) is 9.11. The minimum absolute atomic E-state index is 0.0616. The molecule has 0 bridgehead atoms. The molecule has 152 valence electrons. The number of anilines is 1. The molecule has 0 saturated heterocycles. The van der Waals surface area contributed by atoms with Gasteiger partial charge in [0.25, 0.3) is 0 Å². The normalized spacial score (nSPS) is 13.5. The summed E-state index contributed by atoms with van der Waals surface area (Å²) in [6.07, 6.45) is -0.136. The van der Waals surface area contributed by atoms with Crippen LogP contribution in [0.1, 0.15) is 37.8 Å². The van der Waals surface area contributed by atoms with Crippen molar-refractivity contribution in [2.75, 3.05) is 5.32 Å². The Morgan fingerprint density at radius 2 is 1.68 bits per heavy atom. The van der Waals surface area contributed by atoms with Crippen LogP contribution in [0.25, 0.3) is 10.2 Å². The smallest absolute Gasteiger partial charge is 0.321 e. The minimum atomic E-state index is -1.31. The van der Waals surface area contributed by atoms with E-state index in [1.165, 1.54) is 11.3 Å². The van der Waals surface area contributed by atoms with Gasteiger partial charge in [0.1, 0.15) is 12.1 Å². The predicted octanol–water partition coefficient (Wildman–Crippen LogP) is 2.78. The lowest BCUT2D eigenvalue weighted by Crippen LogP contribution is -2.49. The third-order valence-electron chi connectivity index (χ3n) is 4.35. The Balaban J connectivity index is 2.07. The van der Waals surface area contributed by atoms with Crippen molar-refractivity contribution in [3.05, 3.63) is 23.3 Å². The van der Waals surface area contributed by atoms with E-state index < -0.39 is 36.4 Å². The lowest BCUT2D eigenvalue weighted by molar-refractivity contribution is -0.144. The number of carbonyl (C=O) groups excluding carboxylic acids is 1. The molecule has 0 spiro atoms. The van der Waals surface area contributed by atoms with Crippen LogP contribution in [0.15, 0.2) is 12.1 Å². The zero-order valence-electron chi connectivity index (χ0n) is 16.3. The highest BCUT2D eigenvalue weighted by atomic mass is 32.1. The van der Waals surface area contributed by atoms with E-state index in [0.717, 1.165) is 21.3 Å². The molecule has 1 heterocycles. The average molecular weight is 407 g/mol. The van der Waals surface area contributed by atoms with Crippen LogP contribution >= 0.6 is 11.3 Å². The van der Waals surface area contributed by atoms with Crippen molar-refractivity contribution in [2.45, 2.75) is 52.6 Å². The minimum Gasteiger partial charge on any atom is -0.480 e. The summed E-state index contributed by atoms with van der Waals surface area (Å²) < 4.78 is 0.925. The molecule has 0 fully saturated rings. The van der Waals surface area contributed by atoms with Gasteiger partial charge in [-0.15, -0.1) is 0 Å². The van der Waals surface area contributed by atoms with Gasteiger partial charge in [-0.05, 0) is 49.4 Å². The number of carboxylic acids is 2. The van der Waals surface area contributed by atoms with Crippen LogP contribution in [0.4, 0.5) is 5.13 Å². The maximum atomic E-state index is 12.3. The molecule has 2 unspecified atom stereocenters. The Morgan fingerprint density at radius 1 is 1.07 bits per heavy atom. The Hall–Kier alpha value is -2.52. The van der Waals surface area contributed by atoms with Crippen molar-refractivity contribution in [2.24, 2.45) is 5.92 Å². The molecule has 0 aliphatic heterocycles. The quantitative estimate of drug-likeness (QED) is 0.503. The third kappa shape index (κ3) is 5.74. The Morgan fingerprint density at radius 3 is 2.25 bits per heavy atom. The van der Waals surface area contributed by atoms with Gasteiger partial charge in [0.05, 0.1) is 16.6 Å². The van der Waals surface area contributed by atoms with Crippen molar-refractivity contribution in [3.63, 3.8) is 0 Å². The van der Waals surface area contributed by atoms with E-state index in [-0.39, 0.29) is 12.3 Å². The van der Waals surface area contributed by atoms with Crippen LogP contribution in [-0.4, -0.2) is 45.1 Å². The zero-order chi connectivity index (χ0) is 21.0. The molecular formula is C19H25N3O5S. The molecule has 1 amide bonds. The summed E-state index contributed by atoms with van der Waals surface area (Å²) in [6.45, 7) is 7.66. The molecule has 0 aliphatic rings. The molecule has 8 nitrogen and oxygen atoms in total. The highest BCUT2D eigenvalue weighted by Crippen LogP contribution is 2.28. The number of aliphatic carboxylic acids is 2. The topological polar surface area (TPSA) is 129 Å². The number of carbonyl (C=O) groups is 3. The number of hydrogen-bond acceptors (Lipinski definition) is 6. The molecular weight excluding hydrogens is 382 g/mol. The number of thiazole rings is 1. The first kappa shape index (κ1) is 21.8. The third-order valence-corrected chi connectivity index (χ3v) is 5.28. The fraction of sp³-hybridized carbons (Fsp3) is 0.474. The molecule has 2 aromatic rings. The van der Waals surface area contributed by atoms with Gasteiger partial charge in [-0.1, -0.05) is 25.2 Å². The number of hydrogen-bond donors (Lipinski definition) is 4. The maximum Gasteiger partial charge on any atom is 0.321 e. The van der Waals surface area contributed by atoms with E-state index >= 15 is 0 Å². The van der Waals surface area contributed by atoms with Crippen LogP contribution in [0.2, 0.25) is 0 Å². The van der Waals surface area contributed by atoms with Gasteiger partial charge in [0, 0.05) is 0 Å². The lowest BCUT2D eigenvalue weighted by atomic mass is 10.0. The molecule has 0 saturated carbocycles. The van der Waals surface area contributed by atoms with Crippen molar-refractivity contribution < 1.29 is 24.6 Å². The van der Waals surface area contributed by atoms with E-state index in [1.54, 1.807) is 0 Å². The number of benzene rings is 1. The van der Waals surface area contributed by atoms with Gasteiger partial charge in [-0.3, -0.25) is 19.7 Å². The Labute approximate surface area is 167 Å². The number of nitrogens with zero attached hydrogens (tertiary/aromatic N) is 1. The predicted molar refractivity (Wildman–Crippen MR) is 108 cm³/mol. The molecule has 1 aromatic heterocycles. The second-order valence-electron chi connectivity index (χ2n) is 7.25. The molecule has 1 aromatic carbocycles. The van der Waals surface area contributed by atoms with Crippen molar-refractivity contribution in [1.82, 2.24) is 10.3 Å². The summed E-state index contributed by atoms with van der Waals surface area (Å²) in [6, 6.07) is 1.58. The van der Waals surface area contributed by atoms with E-state index in [0.29, 0.717) is 5.13 Å². The Kier molecular flexibility index (Phi) is 7.09. The number of amides is 1. The van der Waals surface area contributed by atoms with E-state index in [2.05, 4.69) is 15.6 Å². The highest BCUT2D eigenvalue weighted by Gasteiger charge is 2.28.